The van der Waals surface area contributed by atoms with Crippen molar-refractivity contribution in [2.75, 3.05) is 6.61 Å². The van der Waals surface area contributed by atoms with Crippen molar-refractivity contribution in [1.29, 1.82) is 0 Å². The van der Waals surface area contributed by atoms with Crippen LogP contribution in [0, 0.1) is 0 Å². The van der Waals surface area contributed by atoms with Gasteiger partial charge in [0.15, 0.2) is 6.61 Å². The zero-order chi connectivity index (χ0) is 12.7. The third kappa shape index (κ3) is 6.97. The van der Waals surface area contributed by atoms with Crippen molar-refractivity contribution in [2.24, 2.45) is 0 Å². The zero-order valence-electron chi connectivity index (χ0n) is 9.63. The average molecular weight is 247 g/mol. The molecule has 0 aliphatic rings. The van der Waals surface area contributed by atoms with E-state index in [0.717, 1.165) is 18.4 Å². The fraction of sp³-hybridized carbons (Fsp3) is 0.500. The Labute approximate surface area is 98.7 Å². The van der Waals surface area contributed by atoms with Crippen LogP contribution in [-0.2, 0) is 11.3 Å². The monoisotopic (exact) mass is 247 g/mol. The van der Waals surface area contributed by atoms with Gasteiger partial charge in [-0.25, -0.2) is 0 Å². The van der Waals surface area contributed by atoms with Gasteiger partial charge >= 0.3 is 6.18 Å². The van der Waals surface area contributed by atoms with Crippen LogP contribution < -0.4 is 5.48 Å². The smallest absolute Gasteiger partial charge is 0.292 e. The van der Waals surface area contributed by atoms with Gasteiger partial charge in [0.05, 0.1) is 0 Å². The first-order valence-corrected chi connectivity index (χ1v) is 5.45. The van der Waals surface area contributed by atoms with Gasteiger partial charge in [-0.15, -0.1) is 0 Å². The van der Waals surface area contributed by atoms with Crippen LogP contribution in [0.3, 0.4) is 0 Å². The summed E-state index contributed by atoms with van der Waals surface area (Å²) in [6, 6.07) is 9.67. The van der Waals surface area contributed by atoms with Gasteiger partial charge in [0.1, 0.15) is 0 Å². The molecule has 1 aromatic rings. The summed E-state index contributed by atoms with van der Waals surface area (Å²) in [6.07, 6.45) is -2.75. The summed E-state index contributed by atoms with van der Waals surface area (Å²) in [5.74, 6) is 0. The molecule has 1 atom stereocenters. The number of nitrogens with one attached hydrogen (secondary N) is 1. The van der Waals surface area contributed by atoms with Crippen LogP contribution >= 0.6 is 0 Å². The van der Waals surface area contributed by atoms with Gasteiger partial charge in [-0.1, -0.05) is 30.3 Å². The molecule has 0 saturated heterocycles. The molecule has 1 unspecified atom stereocenters. The van der Waals surface area contributed by atoms with E-state index in [1.807, 2.05) is 30.3 Å². The highest BCUT2D eigenvalue weighted by atomic mass is 19.4. The average Bonchev–Trinajstić information content (AvgIpc) is 2.26. The Kier molecular flexibility index (Phi) is 5.44. The van der Waals surface area contributed by atoms with Crippen LogP contribution in [-0.4, -0.2) is 18.8 Å². The summed E-state index contributed by atoms with van der Waals surface area (Å²) in [5.41, 5.74) is 3.55. The van der Waals surface area contributed by atoms with E-state index in [9.17, 15) is 13.2 Å². The second kappa shape index (κ2) is 6.61. The second-order valence-corrected chi connectivity index (χ2v) is 3.95. The highest BCUT2D eigenvalue weighted by molar-refractivity contribution is 5.14. The molecule has 0 bridgehead atoms. The van der Waals surface area contributed by atoms with E-state index < -0.39 is 12.8 Å². The van der Waals surface area contributed by atoms with Crippen LogP contribution in [0.25, 0.3) is 0 Å². The maximum Gasteiger partial charge on any atom is 0.413 e. The number of alkyl halides is 3. The summed E-state index contributed by atoms with van der Waals surface area (Å²) < 4.78 is 35.4. The molecule has 0 heterocycles. The highest BCUT2D eigenvalue weighted by Crippen LogP contribution is 2.14. The molecule has 0 saturated carbocycles. The standard InChI is InChI=1S/C12H16F3NO/c1-10(16-17-9-12(13,14)15)7-8-11-5-3-2-4-6-11/h2-6,10,16H,7-9H2,1H3. The van der Waals surface area contributed by atoms with Crippen molar-refractivity contribution in [3.63, 3.8) is 0 Å². The van der Waals surface area contributed by atoms with E-state index in [1.54, 1.807) is 6.92 Å². The van der Waals surface area contributed by atoms with Gasteiger partial charge in [-0.05, 0) is 25.3 Å². The first kappa shape index (κ1) is 14.0. The number of hydrogen-bond donors (Lipinski definition) is 1. The van der Waals surface area contributed by atoms with Gasteiger partial charge in [-0.2, -0.15) is 18.7 Å². The van der Waals surface area contributed by atoms with E-state index >= 15 is 0 Å². The van der Waals surface area contributed by atoms with E-state index in [0.29, 0.717) is 0 Å². The van der Waals surface area contributed by atoms with Crippen molar-refractivity contribution in [2.45, 2.75) is 32.0 Å². The minimum absolute atomic E-state index is 0.113. The minimum atomic E-state index is -4.29. The summed E-state index contributed by atoms with van der Waals surface area (Å²) in [5, 5.41) is 0. The number of halogens is 3. The predicted octanol–water partition coefficient (Wildman–Crippen LogP) is 3.09. The Morgan fingerprint density at radius 1 is 1.24 bits per heavy atom. The third-order valence-corrected chi connectivity index (χ3v) is 2.23. The molecule has 0 spiro atoms. The number of rotatable bonds is 6. The van der Waals surface area contributed by atoms with Gasteiger partial charge in [0, 0.05) is 6.04 Å². The molecule has 0 radical (unpaired) electrons. The number of hydroxylamine groups is 1. The first-order chi connectivity index (χ1) is 7.97. The van der Waals surface area contributed by atoms with Crippen molar-refractivity contribution < 1.29 is 18.0 Å². The SMILES string of the molecule is CC(CCc1ccccc1)NOCC(F)(F)F. The maximum absolute atomic E-state index is 11.8. The molecule has 0 aromatic heterocycles. The van der Waals surface area contributed by atoms with Crippen molar-refractivity contribution >= 4 is 0 Å². The predicted molar refractivity (Wildman–Crippen MR) is 59.4 cm³/mol. The van der Waals surface area contributed by atoms with Crippen LogP contribution in [0.2, 0.25) is 0 Å². The Bertz CT molecular complexity index is 313. The van der Waals surface area contributed by atoms with Crippen LogP contribution in [0.15, 0.2) is 30.3 Å². The molecule has 0 aliphatic heterocycles. The van der Waals surface area contributed by atoms with Crippen molar-refractivity contribution in [3.8, 4) is 0 Å². The Balaban J connectivity index is 2.15. The van der Waals surface area contributed by atoms with E-state index in [1.165, 1.54) is 0 Å². The molecule has 2 nitrogen and oxygen atoms in total. The topological polar surface area (TPSA) is 21.3 Å². The molecular formula is C12H16F3NO. The molecule has 96 valence electrons. The minimum Gasteiger partial charge on any atom is -0.292 e. The van der Waals surface area contributed by atoms with E-state index in [4.69, 9.17) is 0 Å². The quantitative estimate of drug-likeness (QED) is 0.780. The first-order valence-electron chi connectivity index (χ1n) is 5.45. The lowest BCUT2D eigenvalue weighted by atomic mass is 10.1. The molecule has 5 heteroatoms. The van der Waals surface area contributed by atoms with Gasteiger partial charge in [0.25, 0.3) is 0 Å². The summed E-state index contributed by atoms with van der Waals surface area (Å²) >= 11 is 0. The lowest BCUT2D eigenvalue weighted by Crippen LogP contribution is -2.31. The second-order valence-electron chi connectivity index (χ2n) is 3.95. The Hall–Kier alpha value is -1.07. The Morgan fingerprint density at radius 3 is 2.47 bits per heavy atom. The molecule has 1 aromatic carbocycles. The van der Waals surface area contributed by atoms with Crippen LogP contribution in [0.1, 0.15) is 18.9 Å². The molecule has 0 aliphatic carbocycles. The van der Waals surface area contributed by atoms with E-state index in [-0.39, 0.29) is 6.04 Å². The molecule has 1 rings (SSSR count). The van der Waals surface area contributed by atoms with Gasteiger partial charge in [-0.3, -0.25) is 4.84 Å². The van der Waals surface area contributed by atoms with Gasteiger partial charge in [0.2, 0.25) is 0 Å². The fourth-order valence-corrected chi connectivity index (χ4v) is 1.35. The van der Waals surface area contributed by atoms with Crippen LogP contribution in [0.4, 0.5) is 13.2 Å². The lowest BCUT2D eigenvalue weighted by molar-refractivity contribution is -0.192. The maximum atomic E-state index is 11.8. The zero-order valence-corrected chi connectivity index (χ0v) is 9.63. The highest BCUT2D eigenvalue weighted by Gasteiger charge is 2.27. The summed E-state index contributed by atoms with van der Waals surface area (Å²) in [4.78, 5) is 4.37. The molecule has 1 N–H and O–H groups in total. The summed E-state index contributed by atoms with van der Waals surface area (Å²) in [6.45, 7) is 0.530. The van der Waals surface area contributed by atoms with Crippen molar-refractivity contribution in [3.05, 3.63) is 35.9 Å². The molecule has 17 heavy (non-hydrogen) atoms. The number of benzene rings is 1. The van der Waals surface area contributed by atoms with E-state index in [2.05, 4.69) is 10.3 Å². The normalized spacial score (nSPS) is 13.6. The third-order valence-electron chi connectivity index (χ3n) is 2.23. The molecule has 0 fully saturated rings. The largest absolute Gasteiger partial charge is 0.413 e. The molecule has 0 amide bonds. The van der Waals surface area contributed by atoms with Gasteiger partial charge < -0.3 is 0 Å². The van der Waals surface area contributed by atoms with Crippen molar-refractivity contribution in [1.82, 2.24) is 5.48 Å². The molecular weight excluding hydrogens is 231 g/mol. The number of hydrogen-bond acceptors (Lipinski definition) is 2. The summed E-state index contributed by atoms with van der Waals surface area (Å²) in [7, 11) is 0. The Morgan fingerprint density at radius 2 is 1.88 bits per heavy atom. The van der Waals surface area contributed by atoms with Crippen LogP contribution in [0.5, 0.6) is 0 Å². The lowest BCUT2D eigenvalue weighted by Gasteiger charge is -2.14. The fourth-order valence-electron chi connectivity index (χ4n) is 1.35. The number of aryl methyl sites for hydroxylation is 1.